The fraction of sp³-hybridized carbons (Fsp3) is 0.333. The number of anilines is 2. The van der Waals surface area contributed by atoms with Gasteiger partial charge in [-0.15, -0.1) is 0 Å². The van der Waals surface area contributed by atoms with Crippen LogP contribution in [0.15, 0.2) is 18.2 Å². The molecule has 114 valence electrons. The zero-order valence-electron chi connectivity index (χ0n) is 12.3. The van der Waals surface area contributed by atoms with Crippen LogP contribution < -0.4 is 15.4 Å². The van der Waals surface area contributed by atoms with E-state index in [1.54, 1.807) is 7.11 Å². The fourth-order valence-electron chi connectivity index (χ4n) is 2.91. The highest BCUT2D eigenvalue weighted by Gasteiger charge is 2.20. The van der Waals surface area contributed by atoms with Crippen LogP contribution in [-0.4, -0.2) is 48.4 Å². The second kappa shape index (κ2) is 5.03. The van der Waals surface area contributed by atoms with Crippen LogP contribution in [0.4, 0.5) is 11.8 Å². The van der Waals surface area contributed by atoms with Gasteiger partial charge in [0.25, 0.3) is 0 Å². The molecular weight excluding hydrogens is 282 g/mol. The molecule has 0 radical (unpaired) electrons. The van der Waals surface area contributed by atoms with E-state index in [1.165, 1.54) is 0 Å². The molecule has 1 aliphatic heterocycles. The van der Waals surface area contributed by atoms with Crippen LogP contribution in [0.2, 0.25) is 0 Å². The summed E-state index contributed by atoms with van der Waals surface area (Å²) in [5.41, 5.74) is 7.59. The van der Waals surface area contributed by atoms with E-state index in [4.69, 9.17) is 15.2 Å². The van der Waals surface area contributed by atoms with Crippen LogP contribution in [0.5, 0.6) is 5.75 Å². The topological polar surface area (TPSA) is 89.3 Å². The van der Waals surface area contributed by atoms with Crippen molar-refractivity contribution in [3.63, 3.8) is 0 Å². The molecule has 3 aromatic rings. The zero-order chi connectivity index (χ0) is 15.1. The molecule has 0 unspecified atom stereocenters. The molecule has 0 spiro atoms. The second-order valence-corrected chi connectivity index (χ2v) is 5.26. The summed E-state index contributed by atoms with van der Waals surface area (Å²) in [6, 6.07) is 5.92. The number of rotatable bonds is 2. The van der Waals surface area contributed by atoms with E-state index in [0.717, 1.165) is 46.6 Å². The number of hydrogen-bond donors (Lipinski definition) is 2. The van der Waals surface area contributed by atoms with Crippen molar-refractivity contribution in [1.82, 2.24) is 15.0 Å². The Hall–Kier alpha value is -2.54. The number of nitrogens with two attached hydrogens (primary N) is 1. The fourth-order valence-corrected chi connectivity index (χ4v) is 2.91. The Kier molecular flexibility index (Phi) is 3.00. The summed E-state index contributed by atoms with van der Waals surface area (Å²) >= 11 is 0. The first-order chi connectivity index (χ1) is 10.8. The smallest absolute Gasteiger partial charge is 0.223 e. The highest BCUT2D eigenvalue weighted by molar-refractivity contribution is 6.11. The largest absolute Gasteiger partial charge is 0.497 e. The Balaban J connectivity index is 1.98. The van der Waals surface area contributed by atoms with Crippen molar-refractivity contribution in [2.45, 2.75) is 0 Å². The number of nitrogen functional groups attached to an aromatic ring is 1. The summed E-state index contributed by atoms with van der Waals surface area (Å²) in [6.07, 6.45) is 0. The van der Waals surface area contributed by atoms with E-state index in [9.17, 15) is 0 Å². The molecule has 0 bridgehead atoms. The van der Waals surface area contributed by atoms with Gasteiger partial charge in [-0.3, -0.25) is 0 Å². The number of methoxy groups -OCH3 is 1. The Morgan fingerprint density at radius 2 is 2.09 bits per heavy atom. The van der Waals surface area contributed by atoms with E-state index in [1.807, 2.05) is 18.2 Å². The Morgan fingerprint density at radius 3 is 2.86 bits per heavy atom. The first-order valence-electron chi connectivity index (χ1n) is 7.22. The molecular formula is C15H17N5O2. The Bertz CT molecular complexity index is 839. The Morgan fingerprint density at radius 1 is 1.27 bits per heavy atom. The number of morpholine rings is 1. The van der Waals surface area contributed by atoms with Gasteiger partial charge in [-0.2, -0.15) is 9.97 Å². The molecule has 1 fully saturated rings. The highest BCUT2D eigenvalue weighted by Crippen LogP contribution is 2.34. The summed E-state index contributed by atoms with van der Waals surface area (Å²) in [6.45, 7) is 2.99. The van der Waals surface area contributed by atoms with Gasteiger partial charge in [0.2, 0.25) is 5.95 Å². The number of nitrogens with zero attached hydrogens (tertiary/aromatic N) is 3. The molecule has 22 heavy (non-hydrogen) atoms. The van der Waals surface area contributed by atoms with E-state index < -0.39 is 0 Å². The third-order valence-electron chi connectivity index (χ3n) is 3.97. The van der Waals surface area contributed by atoms with Gasteiger partial charge < -0.3 is 25.1 Å². The standard InChI is InChI=1S/C15H17N5O2/c1-21-9-2-3-10-11(8-9)17-13-12(10)14(19-15(16)18-13)20-4-6-22-7-5-20/h2-3,8H,4-7H2,1H3,(H3,16,17,18,19). The van der Waals surface area contributed by atoms with Crippen LogP contribution in [0, 0.1) is 0 Å². The van der Waals surface area contributed by atoms with Gasteiger partial charge in [0.1, 0.15) is 17.2 Å². The molecule has 3 N–H and O–H groups in total. The molecule has 0 aliphatic carbocycles. The minimum absolute atomic E-state index is 0.271. The van der Waals surface area contributed by atoms with Gasteiger partial charge in [-0.05, 0) is 12.1 Å². The van der Waals surface area contributed by atoms with Gasteiger partial charge in [0, 0.05) is 24.5 Å². The minimum Gasteiger partial charge on any atom is -0.497 e. The molecule has 7 nitrogen and oxygen atoms in total. The summed E-state index contributed by atoms with van der Waals surface area (Å²) in [5, 5.41) is 2.06. The monoisotopic (exact) mass is 299 g/mol. The lowest BCUT2D eigenvalue weighted by atomic mass is 10.2. The van der Waals surface area contributed by atoms with Crippen molar-refractivity contribution in [2.24, 2.45) is 0 Å². The quantitative estimate of drug-likeness (QED) is 0.746. The van der Waals surface area contributed by atoms with E-state index in [-0.39, 0.29) is 5.95 Å². The molecule has 0 amide bonds. The predicted octanol–water partition coefficient (Wildman–Crippen LogP) is 1.54. The van der Waals surface area contributed by atoms with Gasteiger partial charge >= 0.3 is 0 Å². The van der Waals surface area contributed by atoms with E-state index in [0.29, 0.717) is 13.2 Å². The SMILES string of the molecule is COc1ccc2c(c1)[nH]c1nc(N)nc(N3CCOCC3)c12. The molecule has 1 aliphatic rings. The molecule has 1 aromatic carbocycles. The lowest BCUT2D eigenvalue weighted by molar-refractivity contribution is 0.122. The van der Waals surface area contributed by atoms with Crippen LogP contribution in [0.3, 0.4) is 0 Å². The van der Waals surface area contributed by atoms with Gasteiger partial charge in [-0.25, -0.2) is 0 Å². The molecule has 2 aromatic heterocycles. The zero-order valence-corrected chi connectivity index (χ0v) is 12.3. The van der Waals surface area contributed by atoms with Gasteiger partial charge in [-0.1, -0.05) is 0 Å². The molecule has 0 saturated carbocycles. The van der Waals surface area contributed by atoms with Crippen molar-refractivity contribution in [1.29, 1.82) is 0 Å². The van der Waals surface area contributed by atoms with Crippen molar-refractivity contribution >= 4 is 33.7 Å². The summed E-state index contributed by atoms with van der Waals surface area (Å²) in [5.74, 6) is 1.93. The second-order valence-electron chi connectivity index (χ2n) is 5.26. The number of aromatic nitrogens is 3. The van der Waals surface area contributed by atoms with Gasteiger partial charge in [0.15, 0.2) is 0 Å². The van der Waals surface area contributed by atoms with Crippen molar-refractivity contribution < 1.29 is 9.47 Å². The van der Waals surface area contributed by atoms with E-state index >= 15 is 0 Å². The van der Waals surface area contributed by atoms with Crippen LogP contribution >= 0.6 is 0 Å². The number of aromatic amines is 1. The highest BCUT2D eigenvalue weighted by atomic mass is 16.5. The summed E-state index contributed by atoms with van der Waals surface area (Å²) in [4.78, 5) is 14.3. The maximum atomic E-state index is 5.88. The van der Waals surface area contributed by atoms with E-state index in [2.05, 4.69) is 19.9 Å². The average Bonchev–Trinajstić information content (AvgIpc) is 2.91. The molecule has 0 atom stereocenters. The first-order valence-corrected chi connectivity index (χ1v) is 7.22. The van der Waals surface area contributed by atoms with Gasteiger partial charge in [0.05, 0.1) is 31.2 Å². The van der Waals surface area contributed by atoms with Crippen molar-refractivity contribution in [3.8, 4) is 5.75 Å². The lowest BCUT2D eigenvalue weighted by Crippen LogP contribution is -2.37. The van der Waals surface area contributed by atoms with Crippen molar-refractivity contribution in [3.05, 3.63) is 18.2 Å². The maximum Gasteiger partial charge on any atom is 0.223 e. The number of nitrogens with one attached hydrogen (secondary N) is 1. The minimum atomic E-state index is 0.271. The third kappa shape index (κ3) is 2.01. The number of benzene rings is 1. The maximum absolute atomic E-state index is 5.88. The number of fused-ring (bicyclic) bond motifs is 3. The van der Waals surface area contributed by atoms with Crippen molar-refractivity contribution in [2.75, 3.05) is 44.0 Å². The number of hydrogen-bond acceptors (Lipinski definition) is 6. The normalized spacial score (nSPS) is 15.6. The van der Waals surface area contributed by atoms with Crippen LogP contribution in [0.25, 0.3) is 21.9 Å². The van der Waals surface area contributed by atoms with Crippen LogP contribution in [-0.2, 0) is 4.74 Å². The summed E-state index contributed by atoms with van der Waals surface area (Å²) in [7, 11) is 1.65. The summed E-state index contributed by atoms with van der Waals surface area (Å²) < 4.78 is 10.7. The van der Waals surface area contributed by atoms with Crippen LogP contribution in [0.1, 0.15) is 0 Å². The molecule has 4 rings (SSSR count). The lowest BCUT2D eigenvalue weighted by Gasteiger charge is -2.28. The first kappa shape index (κ1) is 13.1. The number of ether oxygens (including phenoxy) is 2. The number of H-pyrrole nitrogens is 1. The molecule has 3 heterocycles. The predicted molar refractivity (Wildman–Crippen MR) is 85.4 cm³/mol. The molecule has 7 heteroatoms. The Labute approximate surface area is 127 Å². The molecule has 1 saturated heterocycles. The third-order valence-corrected chi connectivity index (χ3v) is 3.97. The average molecular weight is 299 g/mol.